The van der Waals surface area contributed by atoms with Gasteiger partial charge in [-0.1, -0.05) is 20.8 Å². The van der Waals surface area contributed by atoms with E-state index in [2.05, 4.69) is 10.3 Å². The molecule has 1 fully saturated rings. The van der Waals surface area contributed by atoms with E-state index in [0.29, 0.717) is 22.9 Å². The van der Waals surface area contributed by atoms with Crippen molar-refractivity contribution >= 4 is 28.8 Å². The zero-order valence-electron chi connectivity index (χ0n) is 22.7. The zero-order valence-corrected chi connectivity index (χ0v) is 22.7. The Morgan fingerprint density at radius 2 is 1.71 bits per heavy atom. The van der Waals surface area contributed by atoms with Crippen LogP contribution in [0.5, 0.6) is 0 Å². The summed E-state index contributed by atoms with van der Waals surface area (Å²) < 4.78 is 85.2. The second-order valence-electron chi connectivity index (χ2n) is 10.8. The number of aliphatic hydroxyl groups excluding tert-OH is 1. The number of alkyl halides is 3. The number of urea groups is 1. The van der Waals surface area contributed by atoms with Gasteiger partial charge in [0.2, 0.25) is 5.43 Å². The summed E-state index contributed by atoms with van der Waals surface area (Å²) in [5.74, 6) is -7.36. The largest absolute Gasteiger partial charge is 0.395 e. The van der Waals surface area contributed by atoms with E-state index in [4.69, 9.17) is 0 Å². The molecule has 1 aromatic carbocycles. The van der Waals surface area contributed by atoms with E-state index < -0.39 is 75.8 Å². The Kier molecular flexibility index (Phi) is 8.27. The molecule has 42 heavy (non-hydrogen) atoms. The van der Waals surface area contributed by atoms with E-state index >= 15 is 0 Å². The number of β-amino-alcohol motifs (C(OH)–C–C–N with tert-alkyl or cyclic N) is 1. The fraction of sp³-hybridized carbons (Fsp3) is 0.407. The minimum absolute atomic E-state index is 0.0283. The molecular weight excluding hydrogens is 572 g/mol. The minimum Gasteiger partial charge on any atom is -0.395 e. The molecule has 1 aliphatic heterocycles. The first-order valence-electron chi connectivity index (χ1n) is 12.8. The van der Waals surface area contributed by atoms with Crippen molar-refractivity contribution in [2.24, 2.45) is 11.3 Å². The molecule has 0 saturated carbocycles. The first-order chi connectivity index (χ1) is 19.5. The fourth-order valence-corrected chi connectivity index (χ4v) is 4.77. The molecule has 3 amide bonds. The third kappa shape index (κ3) is 5.91. The number of rotatable bonds is 7. The fourth-order valence-electron chi connectivity index (χ4n) is 4.77. The summed E-state index contributed by atoms with van der Waals surface area (Å²) in [6, 6.07) is 2.60. The molecule has 1 saturated heterocycles. The van der Waals surface area contributed by atoms with Gasteiger partial charge in [0, 0.05) is 44.5 Å². The number of aromatic nitrogens is 2. The van der Waals surface area contributed by atoms with Gasteiger partial charge in [0.05, 0.1) is 17.9 Å². The molecule has 4 rings (SSSR count). The van der Waals surface area contributed by atoms with Crippen LogP contribution in [0.4, 0.5) is 37.0 Å². The van der Waals surface area contributed by atoms with Crippen molar-refractivity contribution in [3.63, 3.8) is 0 Å². The van der Waals surface area contributed by atoms with Gasteiger partial charge in [-0.25, -0.2) is 22.9 Å². The molecule has 1 aliphatic rings. The van der Waals surface area contributed by atoms with Crippen molar-refractivity contribution in [3.05, 3.63) is 63.7 Å². The van der Waals surface area contributed by atoms with Crippen LogP contribution in [0.3, 0.4) is 0 Å². The first kappa shape index (κ1) is 30.8. The van der Waals surface area contributed by atoms with E-state index in [9.17, 15) is 45.8 Å². The number of amides is 3. The molecule has 2 aromatic heterocycles. The number of pyridine rings is 2. The Morgan fingerprint density at radius 3 is 2.29 bits per heavy atom. The average Bonchev–Trinajstić information content (AvgIpc) is 3.23. The monoisotopic (exact) mass is 599 g/mol. The maximum atomic E-state index is 14.9. The number of nitrogens with zero attached hydrogens (tertiary/aromatic N) is 4. The van der Waals surface area contributed by atoms with Crippen LogP contribution in [0.2, 0.25) is 0 Å². The molecular formula is C27H27F6N5O4. The Balaban J connectivity index is 1.86. The molecule has 15 heteroatoms. The second-order valence-corrected chi connectivity index (χ2v) is 10.8. The first-order valence-corrected chi connectivity index (χ1v) is 12.8. The standard InChI is InChI=1S/C27H27F6N5O4/c1-26(2,3)19(27(31,32)33)12-34-24(41)16-13-38(21-17(29)10-14(28)11-18(21)30)23-15(22(16)40)4-5-20(35-23)37-7-6-36(8-9-39)25(37)42/h4-5,10-11,13,19,39H,6-9,12H2,1-3H3,(H,34,41)/t19-/m1/s1. The van der Waals surface area contributed by atoms with E-state index in [1.54, 1.807) is 0 Å². The highest BCUT2D eigenvalue weighted by molar-refractivity contribution is 5.98. The predicted molar refractivity (Wildman–Crippen MR) is 140 cm³/mol. The van der Waals surface area contributed by atoms with Gasteiger partial charge in [-0.3, -0.25) is 19.1 Å². The van der Waals surface area contributed by atoms with Crippen LogP contribution in [0, 0.1) is 28.8 Å². The van der Waals surface area contributed by atoms with Crippen molar-refractivity contribution in [2.45, 2.75) is 26.9 Å². The van der Waals surface area contributed by atoms with Crippen LogP contribution in [0.15, 0.2) is 35.3 Å². The van der Waals surface area contributed by atoms with Crippen molar-refractivity contribution in [2.75, 3.05) is 37.7 Å². The molecule has 0 spiro atoms. The van der Waals surface area contributed by atoms with Gasteiger partial charge in [0.15, 0.2) is 17.3 Å². The third-order valence-electron chi connectivity index (χ3n) is 6.95. The Hall–Kier alpha value is -4.14. The lowest BCUT2D eigenvalue weighted by Gasteiger charge is -2.32. The number of hydrogen-bond acceptors (Lipinski definition) is 5. The quantitative estimate of drug-likeness (QED) is 0.400. The van der Waals surface area contributed by atoms with Crippen LogP contribution in [0.25, 0.3) is 16.7 Å². The highest BCUT2D eigenvalue weighted by Crippen LogP contribution is 2.39. The van der Waals surface area contributed by atoms with Gasteiger partial charge in [-0.2, -0.15) is 13.2 Å². The number of halogens is 6. The van der Waals surface area contributed by atoms with Crippen LogP contribution >= 0.6 is 0 Å². The lowest BCUT2D eigenvalue weighted by molar-refractivity contribution is -0.197. The molecule has 3 aromatic rings. The SMILES string of the molecule is CC(C)(C)[C@@H](CNC(=O)c1cn(-c2c(F)cc(F)cc2F)c2nc(N3CCN(CCO)C3=O)ccc2c1=O)C(F)(F)F. The summed E-state index contributed by atoms with van der Waals surface area (Å²) in [4.78, 5) is 45.9. The van der Waals surface area contributed by atoms with E-state index in [-0.39, 0.29) is 37.4 Å². The summed E-state index contributed by atoms with van der Waals surface area (Å²) >= 11 is 0. The summed E-state index contributed by atoms with van der Waals surface area (Å²) in [7, 11) is 0. The molecule has 2 N–H and O–H groups in total. The molecule has 0 radical (unpaired) electrons. The van der Waals surface area contributed by atoms with Crippen LogP contribution in [0.1, 0.15) is 31.1 Å². The predicted octanol–water partition coefficient (Wildman–Crippen LogP) is 3.99. The number of carbonyl (C=O) groups excluding carboxylic acids is 2. The van der Waals surface area contributed by atoms with Crippen LogP contribution < -0.4 is 15.6 Å². The molecule has 226 valence electrons. The van der Waals surface area contributed by atoms with E-state index in [1.165, 1.54) is 36.6 Å². The average molecular weight is 600 g/mol. The molecule has 1 atom stereocenters. The summed E-state index contributed by atoms with van der Waals surface area (Å²) in [6.45, 7) is 3.23. The normalized spacial score (nSPS) is 15.0. The van der Waals surface area contributed by atoms with Gasteiger partial charge in [-0.15, -0.1) is 0 Å². The number of anilines is 1. The number of hydrogen-bond donors (Lipinski definition) is 2. The maximum absolute atomic E-state index is 14.9. The van der Waals surface area contributed by atoms with Crippen molar-refractivity contribution in [3.8, 4) is 5.69 Å². The number of nitrogens with one attached hydrogen (secondary N) is 1. The smallest absolute Gasteiger partial charge is 0.393 e. The Morgan fingerprint density at radius 1 is 1.07 bits per heavy atom. The number of benzene rings is 1. The van der Waals surface area contributed by atoms with Crippen molar-refractivity contribution < 1.29 is 41.0 Å². The second kappa shape index (κ2) is 11.3. The molecule has 0 bridgehead atoms. The number of fused-ring (bicyclic) bond motifs is 1. The third-order valence-corrected chi connectivity index (χ3v) is 6.95. The van der Waals surface area contributed by atoms with Gasteiger partial charge in [0.1, 0.15) is 22.9 Å². The lowest BCUT2D eigenvalue weighted by Crippen LogP contribution is -2.44. The lowest BCUT2D eigenvalue weighted by atomic mass is 9.80. The van der Waals surface area contributed by atoms with Gasteiger partial charge in [-0.05, 0) is 17.5 Å². The van der Waals surface area contributed by atoms with Gasteiger partial charge >= 0.3 is 12.2 Å². The van der Waals surface area contributed by atoms with Gasteiger partial charge in [0.25, 0.3) is 5.91 Å². The molecule has 3 heterocycles. The zero-order chi connectivity index (χ0) is 31.1. The Labute approximate surface area is 235 Å². The maximum Gasteiger partial charge on any atom is 0.393 e. The molecule has 0 aliphatic carbocycles. The summed E-state index contributed by atoms with van der Waals surface area (Å²) in [5, 5.41) is 10.9. The number of aliphatic hydroxyl groups is 1. The highest BCUT2D eigenvalue weighted by atomic mass is 19.4. The minimum atomic E-state index is -4.68. The van der Waals surface area contributed by atoms with Crippen LogP contribution in [-0.4, -0.2) is 70.5 Å². The number of carbonyl (C=O) groups is 2. The van der Waals surface area contributed by atoms with Crippen molar-refractivity contribution in [1.29, 1.82) is 0 Å². The van der Waals surface area contributed by atoms with E-state index in [1.807, 2.05) is 0 Å². The topological polar surface area (TPSA) is 108 Å². The van der Waals surface area contributed by atoms with Crippen molar-refractivity contribution in [1.82, 2.24) is 19.8 Å². The molecule has 9 nitrogen and oxygen atoms in total. The highest BCUT2D eigenvalue weighted by Gasteiger charge is 2.46. The summed E-state index contributed by atoms with van der Waals surface area (Å²) in [6.07, 6.45) is -3.98. The molecule has 0 unspecified atom stereocenters. The Bertz CT molecular complexity index is 1560. The van der Waals surface area contributed by atoms with Crippen LogP contribution in [-0.2, 0) is 0 Å². The van der Waals surface area contributed by atoms with Gasteiger partial charge < -0.3 is 15.3 Å². The van der Waals surface area contributed by atoms with E-state index in [0.717, 1.165) is 6.07 Å². The summed E-state index contributed by atoms with van der Waals surface area (Å²) in [5.41, 5.74) is -4.39.